The van der Waals surface area contributed by atoms with Crippen molar-refractivity contribution in [3.63, 3.8) is 0 Å². The second-order valence-corrected chi connectivity index (χ2v) is 10.5. The van der Waals surface area contributed by atoms with Crippen molar-refractivity contribution in [3.05, 3.63) is 59.7 Å². The van der Waals surface area contributed by atoms with E-state index in [4.69, 9.17) is 4.74 Å². The molecule has 3 unspecified atom stereocenters. The van der Waals surface area contributed by atoms with Crippen LogP contribution in [0.15, 0.2) is 48.5 Å². The fraction of sp³-hybridized carbons (Fsp3) is 0.538. The Kier molecular flexibility index (Phi) is 7.30. The molecule has 0 aromatic heterocycles. The molecule has 7 heteroatoms. The molecular formula is C26H34N3O3S-. The van der Waals surface area contributed by atoms with Gasteiger partial charge in [-0.2, -0.15) is 0 Å². The van der Waals surface area contributed by atoms with E-state index in [1.54, 1.807) is 0 Å². The lowest BCUT2D eigenvalue weighted by molar-refractivity contribution is 0.180. The molecule has 0 bridgehead atoms. The van der Waals surface area contributed by atoms with Gasteiger partial charge in [-0.05, 0) is 61.8 Å². The molecule has 1 saturated carbocycles. The summed E-state index contributed by atoms with van der Waals surface area (Å²) in [6.07, 6.45) is 6.84. The monoisotopic (exact) mass is 468 g/mol. The standard InChI is InChI=1S/C26H35N3O3S/c30-33(31)27-13-5-8-20-16-29(17-20)22-11-12-26-24(15-22)23(14-19-6-2-1-3-7-19)25(18-32-26)28-21-9-4-10-21/h1-3,6-7,11-12,15,20-21,23,25,27-28H,4-5,8-10,13-14,16-18H2,(H,30,31)/p-1. The minimum absolute atomic E-state index is 0.335. The molecule has 0 spiro atoms. The number of nitrogens with one attached hydrogen (secondary N) is 2. The number of nitrogens with zero attached hydrogens (tertiary/aromatic N) is 1. The third-order valence-corrected chi connectivity index (χ3v) is 7.92. The normalized spacial score (nSPS) is 23.8. The van der Waals surface area contributed by atoms with Crippen molar-refractivity contribution >= 4 is 17.0 Å². The fourth-order valence-electron chi connectivity index (χ4n) is 5.34. The first-order chi connectivity index (χ1) is 16.2. The van der Waals surface area contributed by atoms with E-state index in [0.717, 1.165) is 44.7 Å². The van der Waals surface area contributed by atoms with E-state index in [0.29, 0.717) is 30.5 Å². The summed E-state index contributed by atoms with van der Waals surface area (Å²) in [5.74, 6) is 2.06. The molecule has 2 aromatic carbocycles. The quantitative estimate of drug-likeness (QED) is 0.412. The minimum atomic E-state index is -2.15. The number of rotatable bonds is 10. The number of ether oxygens (including phenoxy) is 1. The number of hydrogen-bond acceptors (Lipinski definition) is 5. The van der Waals surface area contributed by atoms with Gasteiger partial charge in [-0.1, -0.05) is 36.8 Å². The summed E-state index contributed by atoms with van der Waals surface area (Å²) in [5.41, 5.74) is 3.97. The third kappa shape index (κ3) is 5.60. The van der Waals surface area contributed by atoms with E-state index >= 15 is 0 Å². The Bertz CT molecular complexity index is 947. The molecule has 2 aromatic rings. The SMILES string of the molecule is O=S([O-])NCCCC1CN(c2ccc3c(c2)C(Cc2ccccc2)C(NC2CCC2)CO3)C1. The zero-order valence-electron chi connectivity index (χ0n) is 19.1. The van der Waals surface area contributed by atoms with E-state index in [1.807, 2.05) is 0 Å². The van der Waals surface area contributed by atoms with Gasteiger partial charge in [0.2, 0.25) is 0 Å². The highest BCUT2D eigenvalue weighted by atomic mass is 32.2. The molecule has 33 heavy (non-hydrogen) atoms. The lowest BCUT2D eigenvalue weighted by Gasteiger charge is -2.43. The van der Waals surface area contributed by atoms with Gasteiger partial charge >= 0.3 is 0 Å². The van der Waals surface area contributed by atoms with Crippen LogP contribution >= 0.6 is 0 Å². The lowest BCUT2D eigenvalue weighted by atomic mass is 9.81. The average Bonchev–Trinajstić information content (AvgIpc) is 2.76. The molecule has 2 fully saturated rings. The predicted octanol–water partition coefficient (Wildman–Crippen LogP) is 3.52. The fourth-order valence-corrected chi connectivity index (χ4v) is 5.65. The van der Waals surface area contributed by atoms with Crippen LogP contribution < -0.4 is 19.7 Å². The van der Waals surface area contributed by atoms with Gasteiger partial charge in [0.15, 0.2) is 0 Å². The molecule has 2 heterocycles. The van der Waals surface area contributed by atoms with Crippen molar-refractivity contribution in [2.45, 2.75) is 56.5 Å². The van der Waals surface area contributed by atoms with E-state index in [2.05, 4.69) is 63.5 Å². The molecule has 0 amide bonds. The molecule has 5 rings (SSSR count). The van der Waals surface area contributed by atoms with Gasteiger partial charge in [0, 0.05) is 60.2 Å². The van der Waals surface area contributed by atoms with Gasteiger partial charge in [-0.25, -0.2) is 4.72 Å². The van der Waals surface area contributed by atoms with Crippen molar-refractivity contribution in [2.24, 2.45) is 5.92 Å². The Morgan fingerprint density at radius 3 is 2.67 bits per heavy atom. The topological polar surface area (TPSA) is 76.7 Å². The Morgan fingerprint density at radius 1 is 1.12 bits per heavy atom. The molecule has 1 aliphatic carbocycles. The molecule has 3 aliphatic rings. The van der Waals surface area contributed by atoms with Crippen molar-refractivity contribution in [1.82, 2.24) is 10.0 Å². The highest BCUT2D eigenvalue weighted by Gasteiger charge is 2.35. The van der Waals surface area contributed by atoms with Gasteiger partial charge in [0.1, 0.15) is 12.4 Å². The number of hydrogen-bond donors (Lipinski definition) is 2. The first-order valence-electron chi connectivity index (χ1n) is 12.3. The summed E-state index contributed by atoms with van der Waals surface area (Å²) in [6, 6.07) is 18.5. The number of fused-ring (bicyclic) bond motifs is 1. The van der Waals surface area contributed by atoms with Crippen molar-refractivity contribution < 1.29 is 13.5 Å². The minimum Gasteiger partial charge on any atom is -0.760 e. The summed E-state index contributed by atoms with van der Waals surface area (Å²) in [7, 11) is 0. The van der Waals surface area contributed by atoms with E-state index < -0.39 is 11.3 Å². The molecule has 6 nitrogen and oxygen atoms in total. The second kappa shape index (κ2) is 10.6. The Labute approximate surface area is 199 Å². The van der Waals surface area contributed by atoms with Crippen LogP contribution in [0.1, 0.15) is 49.1 Å². The highest BCUT2D eigenvalue weighted by molar-refractivity contribution is 7.77. The maximum absolute atomic E-state index is 10.6. The molecular weight excluding hydrogens is 434 g/mol. The number of benzene rings is 2. The first kappa shape index (κ1) is 22.8. The van der Waals surface area contributed by atoms with Gasteiger partial charge in [-0.3, -0.25) is 4.21 Å². The molecule has 2 aliphatic heterocycles. The largest absolute Gasteiger partial charge is 0.760 e. The van der Waals surface area contributed by atoms with Crippen LogP contribution in [-0.4, -0.2) is 47.1 Å². The zero-order chi connectivity index (χ0) is 22.6. The molecule has 178 valence electrons. The zero-order valence-corrected chi connectivity index (χ0v) is 19.9. The molecule has 0 radical (unpaired) electrons. The van der Waals surface area contributed by atoms with Gasteiger partial charge < -0.3 is 19.5 Å². The van der Waals surface area contributed by atoms with Crippen LogP contribution in [0, 0.1) is 5.92 Å². The Hall–Kier alpha value is -1.93. The lowest BCUT2D eigenvalue weighted by Crippen LogP contribution is -2.50. The maximum Gasteiger partial charge on any atom is 0.123 e. The smallest absolute Gasteiger partial charge is 0.123 e. The summed E-state index contributed by atoms with van der Waals surface area (Å²) in [4.78, 5) is 2.44. The molecule has 3 atom stereocenters. The van der Waals surface area contributed by atoms with Gasteiger partial charge in [0.05, 0.1) is 0 Å². The van der Waals surface area contributed by atoms with Crippen LogP contribution in [0.2, 0.25) is 0 Å². The van der Waals surface area contributed by atoms with Crippen molar-refractivity contribution in [1.29, 1.82) is 0 Å². The van der Waals surface area contributed by atoms with Gasteiger partial charge in [0.25, 0.3) is 0 Å². The van der Waals surface area contributed by atoms with Crippen LogP contribution in [0.5, 0.6) is 5.75 Å². The van der Waals surface area contributed by atoms with E-state index in [-0.39, 0.29) is 0 Å². The van der Waals surface area contributed by atoms with E-state index in [9.17, 15) is 8.76 Å². The maximum atomic E-state index is 10.6. The van der Waals surface area contributed by atoms with Crippen LogP contribution in [0.25, 0.3) is 0 Å². The van der Waals surface area contributed by atoms with Crippen LogP contribution in [-0.2, 0) is 17.7 Å². The van der Waals surface area contributed by atoms with Crippen LogP contribution in [0.4, 0.5) is 5.69 Å². The molecule has 2 N–H and O–H groups in total. The summed E-state index contributed by atoms with van der Waals surface area (Å²) in [5, 5.41) is 3.90. The predicted molar refractivity (Wildman–Crippen MR) is 131 cm³/mol. The Balaban J connectivity index is 1.27. The van der Waals surface area contributed by atoms with E-state index in [1.165, 1.54) is 36.1 Å². The molecule has 1 saturated heterocycles. The summed E-state index contributed by atoms with van der Waals surface area (Å²) < 4.78 is 29.9. The Morgan fingerprint density at radius 2 is 1.94 bits per heavy atom. The highest BCUT2D eigenvalue weighted by Crippen LogP contribution is 2.40. The average molecular weight is 469 g/mol. The summed E-state index contributed by atoms with van der Waals surface area (Å²) in [6.45, 7) is 3.33. The van der Waals surface area contributed by atoms with Crippen molar-refractivity contribution in [3.8, 4) is 5.75 Å². The first-order valence-corrected chi connectivity index (χ1v) is 13.4. The van der Waals surface area contributed by atoms with Crippen molar-refractivity contribution in [2.75, 3.05) is 31.1 Å². The summed E-state index contributed by atoms with van der Waals surface area (Å²) >= 11 is -2.15. The van der Waals surface area contributed by atoms with Gasteiger partial charge in [-0.15, -0.1) is 0 Å². The second-order valence-electron chi connectivity index (χ2n) is 9.77. The van der Waals surface area contributed by atoms with Crippen LogP contribution in [0.3, 0.4) is 0 Å². The number of anilines is 1. The third-order valence-electron chi connectivity index (χ3n) is 7.48.